The molecule has 0 amide bonds. The van der Waals surface area contributed by atoms with Crippen molar-refractivity contribution in [2.75, 3.05) is 9.80 Å². The summed E-state index contributed by atoms with van der Waals surface area (Å²) in [7, 11) is 0. The molecule has 346 valence electrons. The highest BCUT2D eigenvalue weighted by Gasteiger charge is 2.20. The third kappa shape index (κ3) is 9.34. The Kier molecular flexibility index (Phi) is 12.6. The molecule has 0 saturated heterocycles. The Hall–Kier alpha value is -9.12. The van der Waals surface area contributed by atoms with Crippen molar-refractivity contribution >= 4 is 34.1 Å². The number of anilines is 6. The van der Waals surface area contributed by atoms with Crippen LogP contribution in [0.2, 0.25) is 0 Å². The second kappa shape index (κ2) is 20.1. The molecule has 4 heteroatoms. The monoisotopic (exact) mass is 932 g/mol. The lowest BCUT2D eigenvalue weighted by molar-refractivity contribution is 0.630. The number of halogens is 2. The van der Waals surface area contributed by atoms with Crippen LogP contribution in [0.25, 0.3) is 66.8 Å². The molecule has 0 aliphatic carbocycles. The molecule has 0 fully saturated rings. The Morgan fingerprint density at radius 3 is 0.778 bits per heavy atom. The van der Waals surface area contributed by atoms with Gasteiger partial charge in [-0.2, -0.15) is 0 Å². The first-order valence-corrected chi connectivity index (χ1v) is 24.3. The molecular formula is C68H50F2N2. The zero-order chi connectivity index (χ0) is 49.0. The van der Waals surface area contributed by atoms with E-state index in [9.17, 15) is 0 Å². The first kappa shape index (κ1) is 45.3. The smallest absolute Gasteiger partial charge is 0.133 e. The molecule has 11 aromatic rings. The first-order valence-electron chi connectivity index (χ1n) is 24.3. The number of nitrogens with zero attached hydrogens (tertiary/aromatic N) is 2. The van der Waals surface area contributed by atoms with Gasteiger partial charge in [-0.3, -0.25) is 0 Å². The second-order valence-electron chi connectivity index (χ2n) is 18.1. The van der Waals surface area contributed by atoms with Gasteiger partial charge in [0.2, 0.25) is 0 Å². The van der Waals surface area contributed by atoms with Crippen LogP contribution in [0.5, 0.6) is 0 Å². The molecule has 0 radical (unpaired) electrons. The van der Waals surface area contributed by atoms with Gasteiger partial charge in [0, 0.05) is 45.3 Å². The van der Waals surface area contributed by atoms with Gasteiger partial charge in [-0.25, -0.2) is 8.78 Å². The molecule has 2 nitrogen and oxygen atoms in total. The van der Waals surface area contributed by atoms with Gasteiger partial charge in [0.25, 0.3) is 0 Å². The number of benzene rings is 11. The Bertz CT molecular complexity index is 3460. The van der Waals surface area contributed by atoms with Gasteiger partial charge in [-0.1, -0.05) is 182 Å². The maximum Gasteiger partial charge on any atom is 0.133 e. The fourth-order valence-electron chi connectivity index (χ4n) is 9.80. The highest BCUT2D eigenvalue weighted by Crippen LogP contribution is 2.42. The topological polar surface area (TPSA) is 6.48 Å². The van der Waals surface area contributed by atoms with Crippen molar-refractivity contribution in [2.24, 2.45) is 0 Å². The molecule has 72 heavy (non-hydrogen) atoms. The van der Waals surface area contributed by atoms with Crippen LogP contribution in [0.1, 0.15) is 11.1 Å². The van der Waals surface area contributed by atoms with Gasteiger partial charge in [0.15, 0.2) is 0 Å². The highest BCUT2D eigenvalue weighted by atomic mass is 19.1. The lowest BCUT2D eigenvalue weighted by Crippen LogP contribution is -2.11. The van der Waals surface area contributed by atoms with Gasteiger partial charge in [0.1, 0.15) is 11.6 Å². The maximum atomic E-state index is 16.1. The Morgan fingerprint density at radius 1 is 0.222 bits per heavy atom. The molecule has 0 saturated carbocycles. The summed E-state index contributed by atoms with van der Waals surface area (Å²) in [5.74, 6) is -0.716. The predicted molar refractivity (Wildman–Crippen MR) is 298 cm³/mol. The van der Waals surface area contributed by atoms with Crippen LogP contribution in [0.3, 0.4) is 0 Å². The summed E-state index contributed by atoms with van der Waals surface area (Å²) in [4.78, 5) is 4.24. The quantitative estimate of drug-likeness (QED) is 0.120. The Balaban J connectivity index is 0.894. The summed E-state index contributed by atoms with van der Waals surface area (Å²) in [6.45, 7) is 4.26. The number of aryl methyl sites for hydroxylation is 2. The zero-order valence-electron chi connectivity index (χ0n) is 40.1. The van der Waals surface area contributed by atoms with E-state index < -0.39 is 0 Å². The maximum absolute atomic E-state index is 16.1. The van der Waals surface area contributed by atoms with Crippen LogP contribution in [-0.4, -0.2) is 0 Å². The van der Waals surface area contributed by atoms with Crippen molar-refractivity contribution in [3.63, 3.8) is 0 Å². The SMILES string of the molecule is Cc1cc(N(c2ccc(-c3ccccc3)cc2)c2ccc(-c3ccccc3)cc2)ccc1-c1ccc(-c2ccc(N(c3ccc(-c4ccccc4)c(F)c3)c3ccc(-c4ccccc4)c(F)c3)cc2C)cc1. The minimum atomic E-state index is -0.358. The molecule has 0 N–H and O–H groups in total. The van der Waals surface area contributed by atoms with Crippen LogP contribution in [-0.2, 0) is 0 Å². The van der Waals surface area contributed by atoms with Crippen molar-refractivity contribution in [1.82, 2.24) is 0 Å². The average Bonchev–Trinajstić information content (AvgIpc) is 3.43. The minimum Gasteiger partial charge on any atom is -0.310 e. The van der Waals surface area contributed by atoms with Gasteiger partial charge >= 0.3 is 0 Å². The van der Waals surface area contributed by atoms with E-state index in [4.69, 9.17) is 0 Å². The van der Waals surface area contributed by atoms with Crippen molar-refractivity contribution in [1.29, 1.82) is 0 Å². The molecule has 0 aromatic heterocycles. The first-order chi connectivity index (χ1) is 35.3. The van der Waals surface area contributed by atoms with Crippen molar-refractivity contribution in [3.05, 3.63) is 290 Å². The van der Waals surface area contributed by atoms with E-state index in [1.54, 1.807) is 12.1 Å². The van der Waals surface area contributed by atoms with E-state index in [2.05, 4.69) is 170 Å². The third-order valence-electron chi connectivity index (χ3n) is 13.5. The van der Waals surface area contributed by atoms with Gasteiger partial charge in [-0.15, -0.1) is 0 Å². The van der Waals surface area contributed by atoms with Gasteiger partial charge in [0.05, 0.1) is 0 Å². The number of hydrogen-bond acceptors (Lipinski definition) is 2. The summed E-state index contributed by atoms with van der Waals surface area (Å²) < 4.78 is 32.1. The molecular weight excluding hydrogens is 883 g/mol. The third-order valence-corrected chi connectivity index (χ3v) is 13.5. The number of rotatable bonds is 12. The molecule has 0 bridgehead atoms. The van der Waals surface area contributed by atoms with Gasteiger partial charge < -0.3 is 9.80 Å². The van der Waals surface area contributed by atoms with E-state index in [-0.39, 0.29) is 11.6 Å². The second-order valence-corrected chi connectivity index (χ2v) is 18.1. The summed E-state index contributed by atoms with van der Waals surface area (Å²) >= 11 is 0. The van der Waals surface area contributed by atoms with E-state index >= 15 is 8.78 Å². The lowest BCUT2D eigenvalue weighted by atomic mass is 9.95. The van der Waals surface area contributed by atoms with Crippen molar-refractivity contribution < 1.29 is 8.78 Å². The molecule has 0 aliphatic heterocycles. The Morgan fingerprint density at radius 2 is 0.458 bits per heavy atom. The van der Waals surface area contributed by atoms with E-state index in [0.29, 0.717) is 22.5 Å². The standard InChI is InChI=1S/C68H50F2N2/c1-47-43-59(71(57-31-27-51(28-32-57)49-15-7-3-8-16-49)58-33-29-52(30-34-58)50-17-9-4-10-18-50)35-39-63(47)55-23-25-56(26-24-55)64-40-36-60(44-48(64)2)72(61-37-41-65(67(69)45-61)53-19-11-5-12-20-53)62-38-42-66(68(70)46-62)54-21-13-6-14-22-54/h3-46H,1-2H3. The van der Waals surface area contributed by atoms with E-state index in [0.717, 1.165) is 67.3 Å². The molecule has 0 aliphatic rings. The van der Waals surface area contributed by atoms with Gasteiger partial charge in [-0.05, 0) is 166 Å². The van der Waals surface area contributed by atoms with E-state index in [1.807, 2.05) is 95.9 Å². The minimum absolute atomic E-state index is 0.358. The normalized spacial score (nSPS) is 11.1. The summed E-state index contributed by atoms with van der Waals surface area (Å²) in [6, 6.07) is 89.7. The summed E-state index contributed by atoms with van der Waals surface area (Å²) in [5, 5.41) is 0. The fourth-order valence-corrected chi connectivity index (χ4v) is 9.80. The van der Waals surface area contributed by atoms with Crippen LogP contribution < -0.4 is 9.80 Å². The largest absolute Gasteiger partial charge is 0.310 e. The highest BCUT2D eigenvalue weighted by molar-refractivity contribution is 5.85. The molecule has 0 atom stereocenters. The average molecular weight is 933 g/mol. The lowest BCUT2D eigenvalue weighted by Gasteiger charge is -2.27. The molecule has 11 aromatic carbocycles. The zero-order valence-corrected chi connectivity index (χ0v) is 40.1. The van der Waals surface area contributed by atoms with Crippen molar-refractivity contribution in [2.45, 2.75) is 13.8 Å². The van der Waals surface area contributed by atoms with Crippen molar-refractivity contribution in [3.8, 4) is 66.8 Å². The number of hydrogen-bond donors (Lipinski definition) is 0. The van der Waals surface area contributed by atoms with Crippen LogP contribution >= 0.6 is 0 Å². The predicted octanol–water partition coefficient (Wildman–Crippen LogP) is 19.5. The molecule has 0 spiro atoms. The van der Waals surface area contributed by atoms with Crippen LogP contribution in [0.15, 0.2) is 267 Å². The summed E-state index contributed by atoms with van der Waals surface area (Å²) in [6.07, 6.45) is 0. The van der Waals surface area contributed by atoms with E-state index in [1.165, 1.54) is 34.4 Å². The molecule has 0 unspecified atom stereocenters. The summed E-state index contributed by atoms with van der Waals surface area (Å²) in [5.41, 5.74) is 19.1. The fraction of sp³-hybridized carbons (Fsp3) is 0.0294. The Labute approximate surface area is 421 Å². The molecule has 11 rings (SSSR count). The molecule has 0 heterocycles. The van der Waals surface area contributed by atoms with Crippen LogP contribution in [0.4, 0.5) is 42.9 Å². The van der Waals surface area contributed by atoms with Crippen LogP contribution in [0, 0.1) is 25.5 Å².